The minimum Gasteiger partial charge on any atom is -0.489 e. The van der Waals surface area contributed by atoms with Crippen molar-refractivity contribution in [2.45, 2.75) is 44.9 Å². The van der Waals surface area contributed by atoms with E-state index in [1.54, 1.807) is 0 Å². The smallest absolute Gasteiger partial charge is 0.303 e. The second-order valence-corrected chi connectivity index (χ2v) is 6.74. The predicted octanol–water partition coefficient (Wildman–Crippen LogP) is 3.99. The van der Waals surface area contributed by atoms with Crippen LogP contribution < -0.4 is 4.74 Å². The molecule has 0 aromatic heterocycles. The Bertz CT molecular complexity index is 582. The molecule has 0 amide bonds. The van der Waals surface area contributed by atoms with Gasteiger partial charge in [0.05, 0.1) is 13.2 Å². The van der Waals surface area contributed by atoms with E-state index in [0.29, 0.717) is 18.9 Å². The Morgan fingerprint density at radius 1 is 1.21 bits per heavy atom. The van der Waals surface area contributed by atoms with E-state index >= 15 is 0 Å². The van der Waals surface area contributed by atoms with Crippen molar-refractivity contribution in [3.63, 3.8) is 0 Å². The third kappa shape index (κ3) is 4.60. The molecule has 4 heteroatoms. The van der Waals surface area contributed by atoms with Crippen molar-refractivity contribution in [3.8, 4) is 5.75 Å². The molecule has 1 heterocycles. The summed E-state index contributed by atoms with van der Waals surface area (Å²) in [5.74, 6) is 0.780. The van der Waals surface area contributed by atoms with Crippen LogP contribution in [0.3, 0.4) is 0 Å². The standard InChI is InChI=1S/C20H26O4/c21-20(22)10-7-15-5-8-18(9-6-15)24-13-17-11-12-23-14-19(17)16-3-1-2-4-16/h5-6,8-9,16H,1-4,7,10-14H2,(H,21,22). The van der Waals surface area contributed by atoms with Crippen molar-refractivity contribution < 1.29 is 19.4 Å². The number of carboxylic acids is 1. The van der Waals surface area contributed by atoms with Gasteiger partial charge in [-0.2, -0.15) is 0 Å². The fourth-order valence-electron chi connectivity index (χ4n) is 3.66. The second-order valence-electron chi connectivity index (χ2n) is 6.74. The SMILES string of the molecule is O=C(O)CCc1ccc(OCC2=C(C3CCCC3)COCC2)cc1. The molecule has 0 atom stereocenters. The number of hydrogen-bond donors (Lipinski definition) is 1. The first-order valence-corrected chi connectivity index (χ1v) is 8.94. The molecular formula is C20H26O4. The quantitative estimate of drug-likeness (QED) is 0.768. The van der Waals surface area contributed by atoms with Gasteiger partial charge in [-0.05, 0) is 60.4 Å². The van der Waals surface area contributed by atoms with E-state index in [2.05, 4.69) is 0 Å². The van der Waals surface area contributed by atoms with Gasteiger partial charge in [-0.3, -0.25) is 4.79 Å². The van der Waals surface area contributed by atoms with E-state index < -0.39 is 5.97 Å². The number of benzene rings is 1. The van der Waals surface area contributed by atoms with Crippen molar-refractivity contribution in [1.29, 1.82) is 0 Å². The largest absolute Gasteiger partial charge is 0.489 e. The molecule has 1 aromatic rings. The second kappa shape index (κ2) is 8.34. The molecule has 0 spiro atoms. The molecule has 0 unspecified atom stereocenters. The van der Waals surface area contributed by atoms with Crippen LogP contribution >= 0.6 is 0 Å². The van der Waals surface area contributed by atoms with Crippen molar-refractivity contribution in [1.82, 2.24) is 0 Å². The van der Waals surface area contributed by atoms with Crippen LogP contribution in [0.2, 0.25) is 0 Å². The van der Waals surface area contributed by atoms with Gasteiger partial charge >= 0.3 is 5.97 Å². The number of rotatable bonds is 7. The summed E-state index contributed by atoms with van der Waals surface area (Å²) in [7, 11) is 0. The maximum absolute atomic E-state index is 10.6. The van der Waals surface area contributed by atoms with Gasteiger partial charge < -0.3 is 14.6 Å². The number of carboxylic acid groups (broad SMARTS) is 1. The highest BCUT2D eigenvalue weighted by atomic mass is 16.5. The molecule has 2 aliphatic rings. The third-order valence-electron chi connectivity index (χ3n) is 5.07. The maximum Gasteiger partial charge on any atom is 0.303 e. The highest BCUT2D eigenvalue weighted by Crippen LogP contribution is 2.35. The van der Waals surface area contributed by atoms with Crippen LogP contribution in [0.4, 0.5) is 0 Å². The normalized spacial score (nSPS) is 18.8. The third-order valence-corrected chi connectivity index (χ3v) is 5.07. The first-order chi connectivity index (χ1) is 11.7. The van der Waals surface area contributed by atoms with Gasteiger partial charge in [0.25, 0.3) is 0 Å². The summed E-state index contributed by atoms with van der Waals surface area (Å²) in [6, 6.07) is 7.78. The van der Waals surface area contributed by atoms with Gasteiger partial charge in [-0.1, -0.05) is 25.0 Å². The van der Waals surface area contributed by atoms with Crippen LogP contribution in [0.15, 0.2) is 35.4 Å². The molecule has 1 N–H and O–H groups in total. The van der Waals surface area contributed by atoms with Gasteiger partial charge in [0, 0.05) is 6.42 Å². The number of ether oxygens (including phenoxy) is 2. The van der Waals surface area contributed by atoms with Gasteiger partial charge in [-0.15, -0.1) is 0 Å². The molecule has 0 radical (unpaired) electrons. The van der Waals surface area contributed by atoms with Crippen LogP contribution in [0.1, 0.15) is 44.1 Å². The number of aryl methyl sites for hydroxylation is 1. The zero-order valence-electron chi connectivity index (χ0n) is 14.1. The zero-order valence-corrected chi connectivity index (χ0v) is 14.1. The Balaban J connectivity index is 1.58. The van der Waals surface area contributed by atoms with Crippen molar-refractivity contribution in [3.05, 3.63) is 41.0 Å². The topological polar surface area (TPSA) is 55.8 Å². The number of aliphatic carboxylic acids is 1. The van der Waals surface area contributed by atoms with E-state index in [-0.39, 0.29) is 6.42 Å². The first kappa shape index (κ1) is 17.0. The van der Waals surface area contributed by atoms with Crippen LogP contribution in [0.25, 0.3) is 0 Å². The minimum absolute atomic E-state index is 0.165. The van der Waals surface area contributed by atoms with Crippen molar-refractivity contribution in [2.75, 3.05) is 19.8 Å². The highest BCUT2D eigenvalue weighted by molar-refractivity contribution is 5.67. The summed E-state index contributed by atoms with van der Waals surface area (Å²) < 4.78 is 11.7. The Morgan fingerprint density at radius 2 is 1.96 bits per heavy atom. The lowest BCUT2D eigenvalue weighted by Gasteiger charge is -2.25. The summed E-state index contributed by atoms with van der Waals surface area (Å²) in [4.78, 5) is 10.6. The lowest BCUT2D eigenvalue weighted by atomic mass is 9.91. The Labute approximate surface area is 143 Å². The molecule has 3 rings (SSSR count). The minimum atomic E-state index is -0.763. The highest BCUT2D eigenvalue weighted by Gasteiger charge is 2.24. The molecule has 1 aromatic carbocycles. The zero-order chi connectivity index (χ0) is 16.8. The number of hydrogen-bond acceptors (Lipinski definition) is 3. The fourth-order valence-corrected chi connectivity index (χ4v) is 3.66. The molecule has 1 aliphatic heterocycles. The summed E-state index contributed by atoms with van der Waals surface area (Å²) in [6.45, 7) is 2.21. The van der Waals surface area contributed by atoms with E-state index in [0.717, 1.165) is 30.9 Å². The van der Waals surface area contributed by atoms with Crippen LogP contribution in [0, 0.1) is 5.92 Å². The van der Waals surface area contributed by atoms with Crippen LogP contribution in [-0.4, -0.2) is 30.9 Å². The van der Waals surface area contributed by atoms with E-state index in [1.807, 2.05) is 24.3 Å². The van der Waals surface area contributed by atoms with Gasteiger partial charge in [0.15, 0.2) is 0 Å². The van der Waals surface area contributed by atoms with Gasteiger partial charge in [0.2, 0.25) is 0 Å². The van der Waals surface area contributed by atoms with E-state index in [4.69, 9.17) is 14.6 Å². The average molecular weight is 330 g/mol. The maximum atomic E-state index is 10.6. The summed E-state index contributed by atoms with van der Waals surface area (Å²) in [5.41, 5.74) is 3.93. The molecule has 24 heavy (non-hydrogen) atoms. The molecule has 0 bridgehead atoms. The van der Waals surface area contributed by atoms with E-state index in [1.165, 1.54) is 36.8 Å². The van der Waals surface area contributed by atoms with Gasteiger partial charge in [-0.25, -0.2) is 0 Å². The Kier molecular flexibility index (Phi) is 5.91. The molecule has 0 saturated heterocycles. The summed E-state index contributed by atoms with van der Waals surface area (Å²) in [5, 5.41) is 8.73. The monoisotopic (exact) mass is 330 g/mol. The molecule has 130 valence electrons. The molecule has 1 fully saturated rings. The predicted molar refractivity (Wildman–Crippen MR) is 92.3 cm³/mol. The number of carbonyl (C=O) groups is 1. The van der Waals surface area contributed by atoms with Crippen molar-refractivity contribution >= 4 is 5.97 Å². The van der Waals surface area contributed by atoms with Crippen LogP contribution in [-0.2, 0) is 16.0 Å². The first-order valence-electron chi connectivity index (χ1n) is 8.94. The lowest BCUT2D eigenvalue weighted by molar-refractivity contribution is -0.136. The Hall–Kier alpha value is -1.81. The summed E-state index contributed by atoms with van der Waals surface area (Å²) >= 11 is 0. The lowest BCUT2D eigenvalue weighted by Crippen LogP contribution is -2.20. The molecule has 4 nitrogen and oxygen atoms in total. The fraction of sp³-hybridized carbons (Fsp3) is 0.550. The van der Waals surface area contributed by atoms with Crippen molar-refractivity contribution in [2.24, 2.45) is 5.92 Å². The van der Waals surface area contributed by atoms with E-state index in [9.17, 15) is 4.79 Å². The summed E-state index contributed by atoms with van der Waals surface area (Å²) in [6.07, 6.45) is 6.95. The van der Waals surface area contributed by atoms with Gasteiger partial charge in [0.1, 0.15) is 12.4 Å². The van der Waals surface area contributed by atoms with Crippen LogP contribution in [0.5, 0.6) is 5.75 Å². The average Bonchev–Trinajstić information content (AvgIpc) is 3.14. The molecular weight excluding hydrogens is 304 g/mol. The molecule has 1 aliphatic carbocycles. The molecule has 1 saturated carbocycles. The Morgan fingerprint density at radius 3 is 2.67 bits per heavy atom.